The molecule has 2 heterocycles. The number of rotatable bonds is 4. The van der Waals surface area contributed by atoms with Crippen molar-refractivity contribution in [2.75, 3.05) is 0 Å². The van der Waals surface area contributed by atoms with Gasteiger partial charge in [0.05, 0.1) is 18.3 Å². The SMILES string of the molecule is Cc1ccc(CNCc2cnn(C(C)(C)C)c2)o1. The van der Waals surface area contributed by atoms with Gasteiger partial charge in [0.1, 0.15) is 11.5 Å². The molecule has 0 aliphatic carbocycles. The van der Waals surface area contributed by atoms with E-state index in [-0.39, 0.29) is 5.54 Å². The standard InChI is InChI=1S/C14H21N3O/c1-11-5-6-13(18-11)9-15-7-12-8-16-17(10-12)14(2,3)4/h5-6,8,10,15H,7,9H2,1-4H3. The third-order valence-corrected chi connectivity index (χ3v) is 2.75. The lowest BCUT2D eigenvalue weighted by Gasteiger charge is -2.18. The van der Waals surface area contributed by atoms with Gasteiger partial charge in [-0.05, 0) is 39.8 Å². The maximum absolute atomic E-state index is 5.50. The summed E-state index contributed by atoms with van der Waals surface area (Å²) < 4.78 is 7.48. The molecule has 0 aromatic carbocycles. The summed E-state index contributed by atoms with van der Waals surface area (Å²) in [6.45, 7) is 9.93. The van der Waals surface area contributed by atoms with Crippen LogP contribution in [0.3, 0.4) is 0 Å². The number of aromatic nitrogens is 2. The van der Waals surface area contributed by atoms with Crippen molar-refractivity contribution in [1.82, 2.24) is 15.1 Å². The van der Waals surface area contributed by atoms with Gasteiger partial charge in [0.25, 0.3) is 0 Å². The Kier molecular flexibility index (Phi) is 3.57. The first-order chi connectivity index (χ1) is 8.45. The minimum atomic E-state index is 0.0381. The van der Waals surface area contributed by atoms with Crippen LogP contribution < -0.4 is 5.32 Å². The monoisotopic (exact) mass is 247 g/mol. The van der Waals surface area contributed by atoms with E-state index in [0.717, 1.165) is 24.6 Å². The highest BCUT2D eigenvalue weighted by Crippen LogP contribution is 2.13. The summed E-state index contributed by atoms with van der Waals surface area (Å²) in [6, 6.07) is 3.98. The Balaban J connectivity index is 1.85. The predicted molar refractivity (Wildman–Crippen MR) is 71.2 cm³/mol. The quantitative estimate of drug-likeness (QED) is 0.903. The number of hydrogen-bond donors (Lipinski definition) is 1. The van der Waals surface area contributed by atoms with E-state index in [0.29, 0.717) is 0 Å². The molecule has 2 aromatic rings. The molecule has 0 fully saturated rings. The normalized spacial score (nSPS) is 12.0. The molecule has 0 amide bonds. The Hall–Kier alpha value is -1.55. The molecule has 0 aliphatic rings. The Bertz CT molecular complexity index is 505. The topological polar surface area (TPSA) is 43.0 Å². The van der Waals surface area contributed by atoms with Gasteiger partial charge in [0, 0.05) is 18.3 Å². The Morgan fingerprint density at radius 3 is 2.61 bits per heavy atom. The molecule has 98 valence electrons. The van der Waals surface area contributed by atoms with Crippen LogP contribution in [0, 0.1) is 6.92 Å². The molecule has 0 bridgehead atoms. The smallest absolute Gasteiger partial charge is 0.117 e. The van der Waals surface area contributed by atoms with Crippen molar-refractivity contribution in [3.63, 3.8) is 0 Å². The minimum absolute atomic E-state index is 0.0381. The second-order valence-electron chi connectivity index (χ2n) is 5.58. The molecule has 0 saturated carbocycles. The molecule has 2 rings (SSSR count). The van der Waals surface area contributed by atoms with Gasteiger partial charge in [0.2, 0.25) is 0 Å². The predicted octanol–water partition coefficient (Wildman–Crippen LogP) is 2.83. The van der Waals surface area contributed by atoms with Gasteiger partial charge >= 0.3 is 0 Å². The van der Waals surface area contributed by atoms with Gasteiger partial charge in [-0.1, -0.05) is 0 Å². The van der Waals surface area contributed by atoms with E-state index in [2.05, 4.69) is 37.4 Å². The average molecular weight is 247 g/mol. The van der Waals surface area contributed by atoms with E-state index in [1.807, 2.05) is 29.9 Å². The van der Waals surface area contributed by atoms with E-state index in [1.54, 1.807) is 0 Å². The van der Waals surface area contributed by atoms with Gasteiger partial charge in [-0.25, -0.2) is 0 Å². The lowest BCUT2D eigenvalue weighted by atomic mass is 10.1. The van der Waals surface area contributed by atoms with Crippen LogP contribution in [-0.2, 0) is 18.6 Å². The molecular formula is C14H21N3O. The molecular weight excluding hydrogens is 226 g/mol. The lowest BCUT2D eigenvalue weighted by molar-refractivity contribution is 0.355. The number of hydrogen-bond acceptors (Lipinski definition) is 3. The third-order valence-electron chi connectivity index (χ3n) is 2.75. The van der Waals surface area contributed by atoms with E-state index in [1.165, 1.54) is 5.56 Å². The van der Waals surface area contributed by atoms with Crippen LogP contribution in [0.2, 0.25) is 0 Å². The molecule has 0 unspecified atom stereocenters. The number of aryl methyl sites for hydroxylation is 1. The second-order valence-corrected chi connectivity index (χ2v) is 5.58. The van der Waals surface area contributed by atoms with Crippen LogP contribution >= 0.6 is 0 Å². The van der Waals surface area contributed by atoms with Gasteiger partial charge in [-0.15, -0.1) is 0 Å². The van der Waals surface area contributed by atoms with Crippen molar-refractivity contribution in [3.8, 4) is 0 Å². The van der Waals surface area contributed by atoms with Crippen molar-refractivity contribution in [2.45, 2.75) is 46.3 Å². The molecule has 1 N–H and O–H groups in total. The van der Waals surface area contributed by atoms with Gasteiger partial charge < -0.3 is 9.73 Å². The zero-order chi connectivity index (χ0) is 13.2. The molecule has 18 heavy (non-hydrogen) atoms. The van der Waals surface area contributed by atoms with E-state index < -0.39 is 0 Å². The number of furan rings is 1. The summed E-state index contributed by atoms with van der Waals surface area (Å²) in [5.74, 6) is 1.92. The van der Waals surface area contributed by atoms with Crippen molar-refractivity contribution in [3.05, 3.63) is 41.6 Å². The average Bonchev–Trinajstić information content (AvgIpc) is 2.87. The first-order valence-electron chi connectivity index (χ1n) is 6.25. The molecule has 4 heteroatoms. The summed E-state index contributed by atoms with van der Waals surface area (Å²) >= 11 is 0. The molecule has 0 atom stereocenters. The summed E-state index contributed by atoms with van der Waals surface area (Å²) in [7, 11) is 0. The van der Waals surface area contributed by atoms with Crippen molar-refractivity contribution < 1.29 is 4.42 Å². The van der Waals surface area contributed by atoms with Gasteiger partial charge in [-0.3, -0.25) is 4.68 Å². The van der Waals surface area contributed by atoms with Crippen LogP contribution in [0.15, 0.2) is 28.9 Å². The summed E-state index contributed by atoms with van der Waals surface area (Å²) in [6.07, 6.45) is 3.99. The molecule has 0 aliphatic heterocycles. The zero-order valence-corrected chi connectivity index (χ0v) is 11.5. The summed E-state index contributed by atoms with van der Waals surface area (Å²) in [5, 5.41) is 7.72. The minimum Gasteiger partial charge on any atom is -0.465 e. The summed E-state index contributed by atoms with van der Waals surface area (Å²) in [4.78, 5) is 0. The molecule has 0 radical (unpaired) electrons. The zero-order valence-electron chi connectivity index (χ0n) is 11.5. The maximum Gasteiger partial charge on any atom is 0.117 e. The van der Waals surface area contributed by atoms with E-state index in [9.17, 15) is 0 Å². The first kappa shape index (κ1) is 12.9. The van der Waals surface area contributed by atoms with Crippen molar-refractivity contribution in [2.24, 2.45) is 0 Å². The van der Waals surface area contributed by atoms with Crippen molar-refractivity contribution >= 4 is 0 Å². The van der Waals surface area contributed by atoms with E-state index >= 15 is 0 Å². The summed E-state index contributed by atoms with van der Waals surface area (Å²) in [5.41, 5.74) is 1.23. The number of nitrogens with zero attached hydrogens (tertiary/aromatic N) is 2. The van der Waals surface area contributed by atoms with Crippen LogP contribution in [0.1, 0.15) is 37.9 Å². The van der Waals surface area contributed by atoms with Crippen LogP contribution in [0.25, 0.3) is 0 Å². The molecule has 4 nitrogen and oxygen atoms in total. The highest BCUT2D eigenvalue weighted by molar-refractivity contribution is 5.07. The van der Waals surface area contributed by atoms with Crippen LogP contribution in [0.5, 0.6) is 0 Å². The van der Waals surface area contributed by atoms with Gasteiger partial charge in [-0.2, -0.15) is 5.10 Å². The first-order valence-corrected chi connectivity index (χ1v) is 6.25. The van der Waals surface area contributed by atoms with Gasteiger partial charge in [0.15, 0.2) is 0 Å². The Labute approximate surface area is 108 Å². The van der Waals surface area contributed by atoms with Crippen LogP contribution in [0.4, 0.5) is 0 Å². The third kappa shape index (κ3) is 3.23. The number of nitrogens with one attached hydrogen (secondary N) is 1. The molecule has 0 spiro atoms. The highest BCUT2D eigenvalue weighted by Gasteiger charge is 2.13. The van der Waals surface area contributed by atoms with Crippen molar-refractivity contribution in [1.29, 1.82) is 0 Å². The fourth-order valence-electron chi connectivity index (χ4n) is 1.73. The maximum atomic E-state index is 5.50. The largest absolute Gasteiger partial charge is 0.465 e. The Morgan fingerprint density at radius 1 is 1.28 bits per heavy atom. The second kappa shape index (κ2) is 4.98. The van der Waals surface area contributed by atoms with E-state index in [4.69, 9.17) is 4.42 Å². The molecule has 2 aromatic heterocycles. The van der Waals surface area contributed by atoms with Crippen LogP contribution in [-0.4, -0.2) is 9.78 Å². The highest BCUT2D eigenvalue weighted by atomic mass is 16.3. The molecule has 0 saturated heterocycles. The fraction of sp³-hybridized carbons (Fsp3) is 0.500. The Morgan fingerprint density at radius 2 is 2.06 bits per heavy atom. The lowest BCUT2D eigenvalue weighted by Crippen LogP contribution is -2.22. The fourth-order valence-corrected chi connectivity index (χ4v) is 1.73.